The fraction of sp³-hybridized carbons (Fsp3) is 0. The minimum absolute atomic E-state index is 1.20. The van der Waals surface area contributed by atoms with Crippen LogP contribution >= 0.6 is 11.3 Å². The quantitative estimate of drug-likeness (QED) is 0.384. The Balaban J connectivity index is 1.73. The molecule has 2 aromatic carbocycles. The second kappa shape index (κ2) is 5.80. The summed E-state index contributed by atoms with van der Waals surface area (Å²) in [5.41, 5.74) is 4.84. The van der Waals surface area contributed by atoms with Gasteiger partial charge < -0.3 is 0 Å². The lowest BCUT2D eigenvalue weighted by atomic mass is 10.0. The Labute approximate surface area is 149 Å². The molecular weight excluding hydrogens is 324 g/mol. The number of thiophene rings is 1. The van der Waals surface area contributed by atoms with Crippen LogP contribution in [0.15, 0.2) is 85.5 Å². The average Bonchev–Trinajstić information content (AvgIpc) is 3.06. The molecule has 0 N–H and O–H groups in total. The molecule has 0 radical (unpaired) electrons. The van der Waals surface area contributed by atoms with Crippen LogP contribution < -0.4 is 0 Å². The van der Waals surface area contributed by atoms with Gasteiger partial charge in [0, 0.05) is 45.0 Å². The number of nitrogens with zero attached hydrogens (tertiary/aromatic N) is 2. The van der Waals surface area contributed by atoms with Gasteiger partial charge in [0.05, 0.1) is 0 Å². The van der Waals surface area contributed by atoms with E-state index in [-0.39, 0.29) is 0 Å². The number of benzene rings is 2. The van der Waals surface area contributed by atoms with E-state index in [0.29, 0.717) is 0 Å². The maximum atomic E-state index is 4.12. The summed E-state index contributed by atoms with van der Waals surface area (Å²) in [6.07, 6.45) is 7.36. The van der Waals surface area contributed by atoms with E-state index in [4.69, 9.17) is 0 Å². The molecule has 0 aliphatic carbocycles. The zero-order valence-electron chi connectivity index (χ0n) is 13.4. The molecule has 0 fully saturated rings. The first kappa shape index (κ1) is 14.3. The molecule has 0 aliphatic rings. The highest BCUT2D eigenvalue weighted by Crippen LogP contribution is 2.38. The first-order valence-corrected chi connectivity index (χ1v) is 8.97. The third kappa shape index (κ3) is 2.49. The van der Waals surface area contributed by atoms with Crippen molar-refractivity contribution in [2.45, 2.75) is 0 Å². The summed E-state index contributed by atoms with van der Waals surface area (Å²) >= 11 is 1.84. The molecule has 0 bridgehead atoms. The summed E-state index contributed by atoms with van der Waals surface area (Å²) in [6.45, 7) is 0. The third-order valence-electron chi connectivity index (χ3n) is 4.50. The summed E-state index contributed by atoms with van der Waals surface area (Å²) in [7, 11) is 0. The van der Waals surface area contributed by atoms with Gasteiger partial charge in [-0.3, -0.25) is 9.97 Å². The predicted octanol–water partition coefficient (Wildman–Crippen LogP) is 6.18. The minimum atomic E-state index is 1.20. The van der Waals surface area contributed by atoms with E-state index in [0.717, 1.165) is 0 Å². The molecule has 25 heavy (non-hydrogen) atoms. The van der Waals surface area contributed by atoms with Gasteiger partial charge in [-0.15, -0.1) is 11.3 Å². The third-order valence-corrected chi connectivity index (χ3v) is 5.65. The molecule has 0 spiro atoms. The molecule has 0 saturated heterocycles. The number of rotatable bonds is 2. The van der Waals surface area contributed by atoms with Gasteiger partial charge in [0.2, 0.25) is 0 Å². The SMILES string of the molecule is c1cc(-c2ccc3sc4ccc(-c5ccncc5)cc4c3c2)ccn1. The molecule has 0 saturated carbocycles. The molecule has 0 unspecified atom stereocenters. The van der Waals surface area contributed by atoms with Gasteiger partial charge in [-0.2, -0.15) is 0 Å². The van der Waals surface area contributed by atoms with Gasteiger partial charge in [0.25, 0.3) is 0 Å². The summed E-state index contributed by atoms with van der Waals surface area (Å²) in [5.74, 6) is 0. The molecule has 118 valence electrons. The summed E-state index contributed by atoms with van der Waals surface area (Å²) < 4.78 is 2.64. The number of fused-ring (bicyclic) bond motifs is 3. The second-order valence-corrected chi connectivity index (χ2v) is 7.08. The standard InChI is InChI=1S/C22H14N2S/c1-3-21-19(13-17(1)15-5-9-23-10-6-15)20-14-18(2-4-22(20)25-21)16-7-11-24-12-8-16/h1-14H. The second-order valence-electron chi connectivity index (χ2n) is 6.00. The van der Waals surface area contributed by atoms with Crippen molar-refractivity contribution in [3.05, 3.63) is 85.5 Å². The molecule has 0 aliphatic heterocycles. The first-order valence-electron chi connectivity index (χ1n) is 8.16. The van der Waals surface area contributed by atoms with Crippen molar-refractivity contribution < 1.29 is 0 Å². The van der Waals surface area contributed by atoms with E-state index >= 15 is 0 Å². The van der Waals surface area contributed by atoms with Crippen molar-refractivity contribution in [2.24, 2.45) is 0 Å². The van der Waals surface area contributed by atoms with Gasteiger partial charge >= 0.3 is 0 Å². The van der Waals surface area contributed by atoms with Crippen molar-refractivity contribution in [2.75, 3.05) is 0 Å². The lowest BCUT2D eigenvalue weighted by Crippen LogP contribution is -1.79. The Morgan fingerprint density at radius 2 is 0.920 bits per heavy atom. The highest BCUT2D eigenvalue weighted by atomic mass is 32.1. The normalized spacial score (nSPS) is 11.2. The lowest BCUT2D eigenvalue weighted by Gasteiger charge is -2.03. The number of aromatic nitrogens is 2. The smallest absolute Gasteiger partial charge is 0.0355 e. The van der Waals surface area contributed by atoms with Crippen LogP contribution in [0.25, 0.3) is 42.4 Å². The Bertz CT molecular complexity index is 1080. The first-order chi connectivity index (χ1) is 12.4. The molecule has 3 heterocycles. The highest BCUT2D eigenvalue weighted by molar-refractivity contribution is 7.25. The molecule has 5 aromatic rings. The summed E-state index contributed by atoms with van der Waals surface area (Å²) in [5, 5.41) is 2.62. The minimum Gasteiger partial charge on any atom is -0.265 e. The van der Waals surface area contributed by atoms with E-state index in [1.165, 1.54) is 42.4 Å². The Morgan fingerprint density at radius 1 is 0.480 bits per heavy atom. The fourth-order valence-corrected chi connectivity index (χ4v) is 4.29. The molecule has 0 amide bonds. The van der Waals surface area contributed by atoms with E-state index in [2.05, 4.69) is 70.6 Å². The van der Waals surface area contributed by atoms with Crippen LogP contribution in [0.2, 0.25) is 0 Å². The van der Waals surface area contributed by atoms with E-state index < -0.39 is 0 Å². The van der Waals surface area contributed by atoms with E-state index in [1.807, 2.05) is 36.1 Å². The zero-order valence-corrected chi connectivity index (χ0v) is 14.2. The molecule has 5 rings (SSSR count). The van der Waals surface area contributed by atoms with Crippen molar-refractivity contribution >= 4 is 31.5 Å². The van der Waals surface area contributed by atoms with Crippen LogP contribution in [-0.4, -0.2) is 9.97 Å². The Hall–Kier alpha value is -3.04. The highest BCUT2D eigenvalue weighted by Gasteiger charge is 2.08. The van der Waals surface area contributed by atoms with E-state index in [9.17, 15) is 0 Å². The van der Waals surface area contributed by atoms with Gasteiger partial charge in [-0.05, 0) is 70.8 Å². The van der Waals surface area contributed by atoms with Crippen molar-refractivity contribution in [3.8, 4) is 22.3 Å². The zero-order chi connectivity index (χ0) is 16.6. The van der Waals surface area contributed by atoms with Gasteiger partial charge in [0.1, 0.15) is 0 Å². The predicted molar refractivity (Wildman–Crippen MR) is 106 cm³/mol. The van der Waals surface area contributed by atoms with Crippen molar-refractivity contribution in [1.29, 1.82) is 0 Å². The number of pyridine rings is 2. The van der Waals surface area contributed by atoms with Crippen molar-refractivity contribution in [3.63, 3.8) is 0 Å². The topological polar surface area (TPSA) is 25.8 Å². The number of hydrogen-bond donors (Lipinski definition) is 0. The van der Waals surface area contributed by atoms with Crippen LogP contribution in [0.5, 0.6) is 0 Å². The Kier molecular flexibility index (Phi) is 3.32. The van der Waals surface area contributed by atoms with Crippen LogP contribution in [0, 0.1) is 0 Å². The number of hydrogen-bond acceptors (Lipinski definition) is 3. The molecule has 2 nitrogen and oxygen atoms in total. The summed E-state index contributed by atoms with van der Waals surface area (Å²) in [6, 6.07) is 21.6. The fourth-order valence-electron chi connectivity index (χ4n) is 3.23. The van der Waals surface area contributed by atoms with E-state index in [1.54, 1.807) is 0 Å². The van der Waals surface area contributed by atoms with Crippen LogP contribution in [0.3, 0.4) is 0 Å². The summed E-state index contributed by atoms with van der Waals surface area (Å²) in [4.78, 5) is 8.23. The molecular formula is C22H14N2S. The molecule has 3 aromatic heterocycles. The average molecular weight is 338 g/mol. The molecule has 0 atom stereocenters. The Morgan fingerprint density at radius 3 is 1.36 bits per heavy atom. The van der Waals surface area contributed by atoms with Crippen LogP contribution in [-0.2, 0) is 0 Å². The van der Waals surface area contributed by atoms with Crippen LogP contribution in [0.1, 0.15) is 0 Å². The maximum Gasteiger partial charge on any atom is 0.0355 e. The van der Waals surface area contributed by atoms with Gasteiger partial charge in [-0.25, -0.2) is 0 Å². The monoisotopic (exact) mass is 338 g/mol. The maximum absolute atomic E-state index is 4.12. The van der Waals surface area contributed by atoms with Gasteiger partial charge in [0.15, 0.2) is 0 Å². The largest absolute Gasteiger partial charge is 0.265 e. The molecule has 3 heteroatoms. The lowest BCUT2D eigenvalue weighted by molar-refractivity contribution is 1.33. The van der Waals surface area contributed by atoms with Crippen molar-refractivity contribution in [1.82, 2.24) is 9.97 Å². The van der Waals surface area contributed by atoms with Gasteiger partial charge in [-0.1, -0.05) is 12.1 Å². The van der Waals surface area contributed by atoms with Crippen LogP contribution in [0.4, 0.5) is 0 Å².